The third-order valence-corrected chi connectivity index (χ3v) is 3.33. The van der Waals surface area contributed by atoms with Gasteiger partial charge in [-0.05, 0) is 25.2 Å². The van der Waals surface area contributed by atoms with E-state index in [-0.39, 0.29) is 18.8 Å². The molecule has 0 heterocycles. The normalized spacial score (nSPS) is 13.8. The topological polar surface area (TPSA) is 80.3 Å². The van der Waals surface area contributed by atoms with Gasteiger partial charge >= 0.3 is 0 Å². The molecule has 16 heavy (non-hydrogen) atoms. The smallest absolute Gasteiger partial charge is 0.0482 e. The average Bonchev–Trinajstić information content (AvgIpc) is 2.17. The Morgan fingerprint density at radius 1 is 1.12 bits per heavy atom. The largest absolute Gasteiger partial charge is 0.550 e. The summed E-state index contributed by atoms with van der Waals surface area (Å²) in [6, 6.07) is 0. The summed E-state index contributed by atoms with van der Waals surface area (Å²) < 4.78 is 0. The van der Waals surface area contributed by atoms with E-state index in [1.54, 1.807) is 13.8 Å². The second-order valence-electron chi connectivity index (χ2n) is 4.65. The van der Waals surface area contributed by atoms with Gasteiger partial charge in [0, 0.05) is 23.3 Å². The van der Waals surface area contributed by atoms with Gasteiger partial charge < -0.3 is 19.8 Å². The standard InChI is InChI=1S/C12H22O4/c1-5-12(6-2,11(15)16)9(10(13)14)7-8(3)4/h8-9H,5-7H2,1-4H3,(H,13,14)(H,15,16)/p-2. The van der Waals surface area contributed by atoms with Gasteiger partial charge in [0.2, 0.25) is 0 Å². The number of hydrogen-bond donors (Lipinski definition) is 0. The van der Waals surface area contributed by atoms with Crippen molar-refractivity contribution >= 4 is 11.9 Å². The molecule has 0 amide bonds. The van der Waals surface area contributed by atoms with Gasteiger partial charge in [0.1, 0.15) is 0 Å². The minimum absolute atomic E-state index is 0.111. The Balaban J connectivity index is 5.25. The highest BCUT2D eigenvalue weighted by Crippen LogP contribution is 2.38. The van der Waals surface area contributed by atoms with Gasteiger partial charge in [-0.2, -0.15) is 0 Å². The number of carboxylic acid groups (broad SMARTS) is 2. The lowest BCUT2D eigenvalue weighted by molar-refractivity contribution is -0.336. The van der Waals surface area contributed by atoms with Crippen LogP contribution < -0.4 is 10.2 Å². The first kappa shape index (κ1) is 14.9. The van der Waals surface area contributed by atoms with E-state index in [1.165, 1.54) is 0 Å². The van der Waals surface area contributed by atoms with E-state index in [9.17, 15) is 19.8 Å². The van der Waals surface area contributed by atoms with Crippen molar-refractivity contribution in [1.29, 1.82) is 0 Å². The van der Waals surface area contributed by atoms with Gasteiger partial charge in [-0.1, -0.05) is 27.7 Å². The molecule has 1 unspecified atom stereocenters. The van der Waals surface area contributed by atoms with E-state index in [1.807, 2.05) is 13.8 Å². The Hall–Kier alpha value is -1.06. The molecule has 0 aliphatic carbocycles. The van der Waals surface area contributed by atoms with Crippen LogP contribution in [0.4, 0.5) is 0 Å². The number of carbonyl (C=O) groups excluding carboxylic acids is 2. The molecule has 0 radical (unpaired) electrons. The highest BCUT2D eigenvalue weighted by Gasteiger charge is 2.38. The number of hydrogen-bond acceptors (Lipinski definition) is 4. The van der Waals surface area contributed by atoms with Crippen LogP contribution in [-0.2, 0) is 9.59 Å². The maximum absolute atomic E-state index is 11.2. The first-order chi connectivity index (χ1) is 7.31. The van der Waals surface area contributed by atoms with Crippen molar-refractivity contribution in [3.63, 3.8) is 0 Å². The summed E-state index contributed by atoms with van der Waals surface area (Å²) in [5.74, 6) is -3.44. The number of rotatable bonds is 7. The molecule has 0 aromatic heterocycles. The van der Waals surface area contributed by atoms with E-state index >= 15 is 0 Å². The monoisotopic (exact) mass is 228 g/mol. The first-order valence-electron chi connectivity index (χ1n) is 5.74. The second-order valence-corrected chi connectivity index (χ2v) is 4.65. The lowest BCUT2D eigenvalue weighted by Crippen LogP contribution is -2.52. The minimum Gasteiger partial charge on any atom is -0.550 e. The predicted molar refractivity (Wildman–Crippen MR) is 56.0 cm³/mol. The number of aliphatic carboxylic acids is 2. The van der Waals surface area contributed by atoms with Crippen molar-refractivity contribution in [1.82, 2.24) is 0 Å². The van der Waals surface area contributed by atoms with Crippen LogP contribution in [0.2, 0.25) is 0 Å². The third kappa shape index (κ3) is 2.97. The van der Waals surface area contributed by atoms with E-state index in [0.717, 1.165) is 0 Å². The Labute approximate surface area is 96.7 Å². The molecule has 0 spiro atoms. The molecule has 1 atom stereocenters. The third-order valence-electron chi connectivity index (χ3n) is 3.33. The van der Waals surface area contributed by atoms with Gasteiger partial charge in [0.15, 0.2) is 0 Å². The lowest BCUT2D eigenvalue weighted by atomic mass is 9.68. The van der Waals surface area contributed by atoms with E-state index in [4.69, 9.17) is 0 Å². The quantitative estimate of drug-likeness (QED) is 0.612. The summed E-state index contributed by atoms with van der Waals surface area (Å²) in [6.45, 7) is 7.08. The number of carboxylic acids is 2. The second kappa shape index (κ2) is 5.87. The van der Waals surface area contributed by atoms with Crippen molar-refractivity contribution < 1.29 is 19.8 Å². The maximum atomic E-state index is 11.2. The van der Waals surface area contributed by atoms with Crippen LogP contribution in [0.15, 0.2) is 0 Å². The zero-order valence-electron chi connectivity index (χ0n) is 10.4. The van der Waals surface area contributed by atoms with Gasteiger partial charge in [0.05, 0.1) is 0 Å². The molecule has 0 aromatic rings. The summed E-state index contributed by atoms with van der Waals surface area (Å²) >= 11 is 0. The Kier molecular flexibility index (Phi) is 5.48. The van der Waals surface area contributed by atoms with Crippen molar-refractivity contribution in [3.8, 4) is 0 Å². The Bertz CT molecular complexity index is 254. The van der Waals surface area contributed by atoms with Gasteiger partial charge in [0.25, 0.3) is 0 Å². The van der Waals surface area contributed by atoms with Crippen LogP contribution in [0.1, 0.15) is 47.0 Å². The van der Waals surface area contributed by atoms with Crippen molar-refractivity contribution in [2.45, 2.75) is 47.0 Å². The van der Waals surface area contributed by atoms with Crippen LogP contribution >= 0.6 is 0 Å². The van der Waals surface area contributed by atoms with Crippen LogP contribution in [0.25, 0.3) is 0 Å². The van der Waals surface area contributed by atoms with Crippen LogP contribution in [0.3, 0.4) is 0 Å². The molecular formula is C12H20O4-2. The lowest BCUT2D eigenvalue weighted by Gasteiger charge is -2.42. The molecule has 0 aromatic carbocycles. The minimum atomic E-state index is -1.30. The molecule has 0 aliphatic rings. The SMILES string of the molecule is CCC(CC)(C(=O)[O-])C(CC(C)C)C(=O)[O-]. The molecule has 0 N–H and O–H groups in total. The Morgan fingerprint density at radius 3 is 1.75 bits per heavy atom. The molecule has 0 aliphatic heterocycles. The molecule has 0 fully saturated rings. The first-order valence-corrected chi connectivity index (χ1v) is 5.74. The zero-order valence-corrected chi connectivity index (χ0v) is 10.4. The van der Waals surface area contributed by atoms with Crippen molar-refractivity contribution in [2.75, 3.05) is 0 Å². The van der Waals surface area contributed by atoms with Crippen LogP contribution in [0, 0.1) is 17.3 Å². The van der Waals surface area contributed by atoms with Crippen molar-refractivity contribution in [2.24, 2.45) is 17.3 Å². The fourth-order valence-electron chi connectivity index (χ4n) is 2.19. The van der Waals surface area contributed by atoms with E-state index < -0.39 is 23.3 Å². The summed E-state index contributed by atoms with van der Waals surface area (Å²) in [5, 5.41) is 22.3. The summed E-state index contributed by atoms with van der Waals surface area (Å²) in [5.41, 5.74) is -1.30. The van der Waals surface area contributed by atoms with Crippen LogP contribution in [-0.4, -0.2) is 11.9 Å². The molecule has 4 nitrogen and oxygen atoms in total. The maximum Gasteiger partial charge on any atom is 0.0482 e. The van der Waals surface area contributed by atoms with E-state index in [0.29, 0.717) is 6.42 Å². The molecule has 0 rings (SSSR count). The molecule has 0 bridgehead atoms. The molecular weight excluding hydrogens is 208 g/mol. The predicted octanol–water partition coefficient (Wildman–Crippen LogP) is -0.0451. The molecule has 0 saturated carbocycles. The molecule has 4 heteroatoms. The fraction of sp³-hybridized carbons (Fsp3) is 0.833. The average molecular weight is 228 g/mol. The summed E-state index contributed by atoms with van der Waals surface area (Å²) in [6.07, 6.45) is 0.798. The number of carbonyl (C=O) groups is 2. The zero-order chi connectivity index (χ0) is 12.9. The van der Waals surface area contributed by atoms with Gasteiger partial charge in [-0.25, -0.2) is 0 Å². The Morgan fingerprint density at radius 2 is 1.56 bits per heavy atom. The van der Waals surface area contributed by atoms with Gasteiger partial charge in [-0.15, -0.1) is 0 Å². The molecule has 94 valence electrons. The van der Waals surface area contributed by atoms with Crippen molar-refractivity contribution in [3.05, 3.63) is 0 Å². The molecule has 0 saturated heterocycles. The fourth-order valence-corrected chi connectivity index (χ4v) is 2.19. The summed E-state index contributed by atoms with van der Waals surface area (Å²) in [4.78, 5) is 22.3. The van der Waals surface area contributed by atoms with Gasteiger partial charge in [-0.3, -0.25) is 0 Å². The van der Waals surface area contributed by atoms with E-state index in [2.05, 4.69) is 0 Å². The highest BCUT2D eigenvalue weighted by atomic mass is 16.4. The highest BCUT2D eigenvalue weighted by molar-refractivity contribution is 5.81. The van der Waals surface area contributed by atoms with Crippen LogP contribution in [0.5, 0.6) is 0 Å². The summed E-state index contributed by atoms with van der Waals surface area (Å²) in [7, 11) is 0.